The third-order valence-corrected chi connectivity index (χ3v) is 5.44. The van der Waals surface area contributed by atoms with Gasteiger partial charge in [0, 0.05) is 50.5 Å². The molecule has 0 saturated carbocycles. The zero-order valence-electron chi connectivity index (χ0n) is 18.1. The van der Waals surface area contributed by atoms with Crippen LogP contribution in [0.2, 0.25) is 0 Å². The Bertz CT molecular complexity index is 809. The first-order valence-electron chi connectivity index (χ1n) is 10.5. The molecule has 5 nitrogen and oxygen atoms in total. The number of aryl methyl sites for hydroxylation is 1. The number of nitrogens with one attached hydrogen (secondary N) is 1. The Morgan fingerprint density at radius 3 is 2.38 bits per heavy atom. The van der Waals surface area contributed by atoms with Crippen molar-refractivity contribution in [2.75, 3.05) is 42.9 Å². The van der Waals surface area contributed by atoms with Crippen molar-refractivity contribution in [3.05, 3.63) is 53.6 Å². The van der Waals surface area contributed by atoms with Gasteiger partial charge in [-0.15, -0.1) is 0 Å². The predicted molar refractivity (Wildman–Crippen MR) is 120 cm³/mol. The van der Waals surface area contributed by atoms with Crippen LogP contribution in [0.25, 0.3) is 0 Å². The van der Waals surface area contributed by atoms with Gasteiger partial charge in [-0.3, -0.25) is 4.79 Å². The summed E-state index contributed by atoms with van der Waals surface area (Å²) in [4.78, 5) is 17.0. The normalized spacial score (nSPS) is 14.2. The molecule has 29 heavy (non-hydrogen) atoms. The Morgan fingerprint density at radius 1 is 1.03 bits per heavy atom. The SMILES string of the molecule is Cc1cccc(N2CCN(C(=O)CCNc3ccc(OC(C)C)cc3)CC2)c1C. The first-order chi connectivity index (χ1) is 13.9. The Hall–Kier alpha value is -2.69. The molecule has 2 aromatic carbocycles. The van der Waals surface area contributed by atoms with Gasteiger partial charge in [-0.25, -0.2) is 0 Å². The molecule has 1 amide bonds. The summed E-state index contributed by atoms with van der Waals surface area (Å²) < 4.78 is 5.65. The number of carbonyl (C=O) groups is 1. The smallest absolute Gasteiger partial charge is 0.224 e. The average Bonchev–Trinajstić information content (AvgIpc) is 2.71. The van der Waals surface area contributed by atoms with Gasteiger partial charge in [-0.2, -0.15) is 0 Å². The molecule has 2 aromatic rings. The first-order valence-corrected chi connectivity index (χ1v) is 10.5. The molecule has 1 aliphatic heterocycles. The van der Waals surface area contributed by atoms with Gasteiger partial charge in [0.05, 0.1) is 6.10 Å². The minimum Gasteiger partial charge on any atom is -0.491 e. The molecule has 3 rings (SSSR count). The van der Waals surface area contributed by atoms with Crippen molar-refractivity contribution in [1.82, 2.24) is 4.90 Å². The Balaban J connectivity index is 1.42. The number of rotatable bonds is 7. The van der Waals surface area contributed by atoms with Crippen LogP contribution < -0.4 is 15.0 Å². The van der Waals surface area contributed by atoms with Gasteiger partial charge in [0.1, 0.15) is 5.75 Å². The van der Waals surface area contributed by atoms with Crippen LogP contribution in [0, 0.1) is 13.8 Å². The number of hydrogen-bond donors (Lipinski definition) is 1. The summed E-state index contributed by atoms with van der Waals surface area (Å²) >= 11 is 0. The first kappa shape index (κ1) is 21.0. The van der Waals surface area contributed by atoms with Crippen molar-refractivity contribution in [2.24, 2.45) is 0 Å². The number of hydrogen-bond acceptors (Lipinski definition) is 4. The van der Waals surface area contributed by atoms with Crippen molar-refractivity contribution in [2.45, 2.75) is 40.2 Å². The lowest BCUT2D eigenvalue weighted by Gasteiger charge is -2.37. The van der Waals surface area contributed by atoms with Gasteiger partial charge in [-0.1, -0.05) is 12.1 Å². The Morgan fingerprint density at radius 2 is 1.72 bits per heavy atom. The third-order valence-electron chi connectivity index (χ3n) is 5.44. The summed E-state index contributed by atoms with van der Waals surface area (Å²) in [6.07, 6.45) is 0.676. The van der Waals surface area contributed by atoms with Crippen molar-refractivity contribution in [3.63, 3.8) is 0 Å². The van der Waals surface area contributed by atoms with E-state index >= 15 is 0 Å². The second-order valence-corrected chi connectivity index (χ2v) is 7.95. The van der Waals surface area contributed by atoms with Crippen LogP contribution in [-0.4, -0.2) is 49.6 Å². The summed E-state index contributed by atoms with van der Waals surface area (Å²) in [5.74, 6) is 1.08. The van der Waals surface area contributed by atoms with E-state index in [0.29, 0.717) is 13.0 Å². The van der Waals surface area contributed by atoms with Crippen molar-refractivity contribution >= 4 is 17.3 Å². The highest BCUT2D eigenvalue weighted by molar-refractivity contribution is 5.77. The van der Waals surface area contributed by atoms with Gasteiger partial charge >= 0.3 is 0 Å². The molecule has 1 saturated heterocycles. The molecule has 1 N–H and O–H groups in total. The molecular formula is C24H33N3O2. The third kappa shape index (κ3) is 5.66. The molecule has 156 valence electrons. The van der Waals surface area contributed by atoms with Crippen molar-refractivity contribution < 1.29 is 9.53 Å². The van der Waals surface area contributed by atoms with E-state index in [9.17, 15) is 4.79 Å². The lowest BCUT2D eigenvalue weighted by atomic mass is 10.1. The van der Waals surface area contributed by atoms with Crippen LogP contribution in [0.4, 0.5) is 11.4 Å². The molecular weight excluding hydrogens is 362 g/mol. The molecule has 0 aliphatic carbocycles. The van der Waals surface area contributed by atoms with E-state index in [1.54, 1.807) is 0 Å². The monoisotopic (exact) mass is 395 g/mol. The molecule has 1 fully saturated rings. The van der Waals surface area contributed by atoms with E-state index in [1.165, 1.54) is 16.8 Å². The van der Waals surface area contributed by atoms with Crippen LogP contribution in [-0.2, 0) is 4.79 Å². The van der Waals surface area contributed by atoms with Crippen LogP contribution >= 0.6 is 0 Å². The number of nitrogens with zero attached hydrogens (tertiary/aromatic N) is 2. The van der Waals surface area contributed by atoms with Gasteiger partial charge in [0.15, 0.2) is 0 Å². The zero-order chi connectivity index (χ0) is 20.8. The number of carbonyl (C=O) groups excluding carboxylic acids is 1. The fourth-order valence-electron chi connectivity index (χ4n) is 3.67. The number of anilines is 2. The highest BCUT2D eigenvalue weighted by Crippen LogP contribution is 2.24. The molecule has 0 unspecified atom stereocenters. The zero-order valence-corrected chi connectivity index (χ0v) is 18.1. The number of amides is 1. The quantitative estimate of drug-likeness (QED) is 0.762. The van der Waals surface area contributed by atoms with E-state index in [1.807, 2.05) is 43.0 Å². The van der Waals surface area contributed by atoms with Crippen LogP contribution in [0.5, 0.6) is 5.75 Å². The maximum absolute atomic E-state index is 12.6. The highest BCUT2D eigenvalue weighted by Gasteiger charge is 2.21. The second kappa shape index (κ2) is 9.68. The summed E-state index contributed by atoms with van der Waals surface area (Å²) in [7, 11) is 0. The van der Waals surface area contributed by atoms with Gasteiger partial charge in [0.25, 0.3) is 0 Å². The lowest BCUT2D eigenvalue weighted by molar-refractivity contribution is -0.131. The van der Waals surface area contributed by atoms with E-state index < -0.39 is 0 Å². The molecule has 0 spiro atoms. The van der Waals surface area contributed by atoms with Gasteiger partial charge < -0.3 is 19.9 Å². The Kier molecular flexibility index (Phi) is 7.02. The number of piperazine rings is 1. The summed E-state index contributed by atoms with van der Waals surface area (Å²) in [5, 5.41) is 3.33. The standard InChI is InChI=1S/C24H33N3O2/c1-18(2)29-22-10-8-21(9-11-22)25-13-12-24(28)27-16-14-26(15-17-27)23-7-5-6-19(3)20(23)4/h5-11,18,25H,12-17H2,1-4H3. The molecule has 1 aliphatic rings. The topological polar surface area (TPSA) is 44.8 Å². The van der Waals surface area contributed by atoms with Crippen molar-refractivity contribution in [3.8, 4) is 5.75 Å². The number of benzene rings is 2. The average molecular weight is 396 g/mol. The predicted octanol–water partition coefficient (Wildman–Crippen LogP) is 4.24. The molecule has 0 radical (unpaired) electrons. The molecule has 5 heteroatoms. The minimum atomic E-state index is 0.168. The van der Waals surface area contributed by atoms with Gasteiger partial charge in [0.2, 0.25) is 5.91 Å². The number of ether oxygens (including phenoxy) is 1. The molecule has 1 heterocycles. The van der Waals surface area contributed by atoms with Crippen LogP contribution in [0.3, 0.4) is 0 Å². The highest BCUT2D eigenvalue weighted by atomic mass is 16.5. The summed E-state index contributed by atoms with van der Waals surface area (Å²) in [6, 6.07) is 14.3. The lowest BCUT2D eigenvalue weighted by Crippen LogP contribution is -2.49. The van der Waals surface area contributed by atoms with Crippen LogP contribution in [0.15, 0.2) is 42.5 Å². The van der Waals surface area contributed by atoms with Crippen molar-refractivity contribution in [1.29, 1.82) is 0 Å². The van der Waals surface area contributed by atoms with Gasteiger partial charge in [-0.05, 0) is 69.2 Å². The molecule has 0 atom stereocenters. The maximum atomic E-state index is 12.6. The Labute approximate surface area is 174 Å². The van der Waals surface area contributed by atoms with E-state index in [-0.39, 0.29) is 12.0 Å². The van der Waals surface area contributed by atoms with E-state index in [4.69, 9.17) is 4.74 Å². The minimum absolute atomic E-state index is 0.168. The summed E-state index contributed by atoms with van der Waals surface area (Å²) in [6.45, 7) is 12.3. The largest absolute Gasteiger partial charge is 0.491 e. The molecule has 0 bridgehead atoms. The van der Waals surface area contributed by atoms with Crippen LogP contribution in [0.1, 0.15) is 31.4 Å². The fraction of sp³-hybridized carbons (Fsp3) is 0.458. The fourth-order valence-corrected chi connectivity index (χ4v) is 3.67. The van der Waals surface area contributed by atoms with E-state index in [2.05, 4.69) is 42.3 Å². The molecule has 0 aromatic heterocycles. The summed E-state index contributed by atoms with van der Waals surface area (Å²) in [5.41, 5.74) is 4.95. The second-order valence-electron chi connectivity index (χ2n) is 7.95. The van der Waals surface area contributed by atoms with E-state index in [0.717, 1.165) is 37.6 Å². The maximum Gasteiger partial charge on any atom is 0.224 e.